The number of halogens is 1. The average molecular weight is 279 g/mol. The lowest BCUT2D eigenvalue weighted by atomic mass is 10.0. The Balaban J connectivity index is 3.01. The van der Waals surface area contributed by atoms with Crippen molar-refractivity contribution in [1.82, 2.24) is 0 Å². The van der Waals surface area contributed by atoms with Gasteiger partial charge in [-0.25, -0.2) is 8.42 Å². The summed E-state index contributed by atoms with van der Waals surface area (Å²) in [5.74, 6) is 0.430. The number of phenols is 1. The molecule has 17 heavy (non-hydrogen) atoms. The van der Waals surface area contributed by atoms with Crippen LogP contribution in [-0.2, 0) is 21.9 Å². The third-order valence-corrected chi connectivity index (χ3v) is 3.63. The van der Waals surface area contributed by atoms with Crippen molar-refractivity contribution in [1.29, 1.82) is 0 Å². The molecule has 0 fully saturated rings. The number of hydrogen-bond acceptors (Lipinski definition) is 4. The largest absolute Gasteiger partial charge is 0.508 e. The van der Waals surface area contributed by atoms with Crippen molar-refractivity contribution in [3.8, 4) is 11.5 Å². The van der Waals surface area contributed by atoms with Crippen LogP contribution in [0, 0.1) is 0 Å². The highest BCUT2D eigenvalue weighted by molar-refractivity contribution is 8.13. The van der Waals surface area contributed by atoms with Crippen LogP contribution < -0.4 is 4.74 Å². The minimum atomic E-state index is -3.54. The Morgan fingerprint density at radius 1 is 1.35 bits per heavy atom. The van der Waals surface area contributed by atoms with Gasteiger partial charge in [-0.15, -0.1) is 0 Å². The van der Waals surface area contributed by atoms with Gasteiger partial charge in [-0.2, -0.15) is 0 Å². The van der Waals surface area contributed by atoms with Crippen molar-refractivity contribution >= 4 is 19.7 Å². The number of aromatic hydroxyl groups is 1. The first-order valence-corrected chi connectivity index (χ1v) is 7.66. The molecular formula is C11H15ClO4S. The number of methoxy groups -OCH3 is 1. The third kappa shape index (κ3) is 4.09. The molecule has 0 unspecified atom stereocenters. The van der Waals surface area contributed by atoms with Gasteiger partial charge in [0.2, 0.25) is 9.05 Å². The van der Waals surface area contributed by atoms with E-state index in [0.717, 1.165) is 12.0 Å². The second kappa shape index (κ2) is 5.60. The standard InChI is InChI=1S/C11H15ClO4S/c1-3-8-6-9(4-5-17(12,14)15)10(13)7-11(8)16-2/h6-7,13H,3-5H2,1-2H3. The SMILES string of the molecule is CCc1cc(CCS(=O)(=O)Cl)c(O)cc1OC. The van der Waals surface area contributed by atoms with Gasteiger partial charge >= 0.3 is 0 Å². The maximum atomic E-state index is 10.9. The molecule has 1 N–H and O–H groups in total. The predicted octanol–water partition coefficient (Wildman–Crippen LogP) is 2.07. The third-order valence-electron chi connectivity index (χ3n) is 2.48. The number of aryl methyl sites for hydroxylation is 2. The topological polar surface area (TPSA) is 63.6 Å². The zero-order valence-electron chi connectivity index (χ0n) is 9.73. The van der Waals surface area contributed by atoms with E-state index in [1.54, 1.807) is 6.07 Å². The summed E-state index contributed by atoms with van der Waals surface area (Å²) < 4.78 is 26.8. The van der Waals surface area contributed by atoms with Gasteiger partial charge in [0.1, 0.15) is 11.5 Å². The number of phenolic OH excluding ortho intramolecular Hbond substituents is 1. The van der Waals surface area contributed by atoms with Gasteiger partial charge in [0.05, 0.1) is 12.9 Å². The van der Waals surface area contributed by atoms with Gasteiger partial charge in [-0.05, 0) is 30.0 Å². The minimum absolute atomic E-state index is 0.0272. The first-order chi connectivity index (χ1) is 7.87. The van der Waals surface area contributed by atoms with Crippen molar-refractivity contribution < 1.29 is 18.3 Å². The molecular weight excluding hydrogens is 264 g/mol. The van der Waals surface area contributed by atoms with Gasteiger partial charge in [0.25, 0.3) is 0 Å². The Kier molecular flexibility index (Phi) is 4.65. The van der Waals surface area contributed by atoms with Crippen molar-refractivity contribution in [2.45, 2.75) is 19.8 Å². The van der Waals surface area contributed by atoms with Crippen molar-refractivity contribution in [2.24, 2.45) is 0 Å². The molecule has 0 aliphatic carbocycles. The zero-order valence-corrected chi connectivity index (χ0v) is 11.3. The Bertz CT molecular complexity index is 496. The molecule has 4 nitrogen and oxygen atoms in total. The van der Waals surface area contributed by atoms with Gasteiger partial charge in [0, 0.05) is 16.7 Å². The molecule has 0 saturated carbocycles. The Hall–Kier alpha value is -0.940. The van der Waals surface area contributed by atoms with Crippen molar-refractivity contribution in [3.63, 3.8) is 0 Å². The molecule has 1 aromatic rings. The molecule has 0 bridgehead atoms. The fourth-order valence-corrected chi connectivity index (χ4v) is 2.26. The van der Waals surface area contributed by atoms with E-state index < -0.39 is 9.05 Å². The zero-order chi connectivity index (χ0) is 13.1. The summed E-state index contributed by atoms with van der Waals surface area (Å²) in [5, 5.41) is 9.72. The van der Waals surface area contributed by atoms with Gasteiger partial charge in [-0.1, -0.05) is 6.92 Å². The van der Waals surface area contributed by atoms with Crippen LogP contribution in [0.5, 0.6) is 11.5 Å². The highest BCUT2D eigenvalue weighted by atomic mass is 35.7. The summed E-state index contributed by atoms with van der Waals surface area (Å²) >= 11 is 0. The maximum Gasteiger partial charge on any atom is 0.232 e. The van der Waals surface area contributed by atoms with Crippen LogP contribution in [-0.4, -0.2) is 26.4 Å². The molecule has 1 aromatic carbocycles. The highest BCUT2D eigenvalue weighted by Crippen LogP contribution is 2.29. The van der Waals surface area contributed by atoms with E-state index in [0.29, 0.717) is 11.3 Å². The normalized spacial score (nSPS) is 11.5. The molecule has 0 saturated heterocycles. The van der Waals surface area contributed by atoms with E-state index in [1.807, 2.05) is 6.92 Å². The monoisotopic (exact) mass is 278 g/mol. The summed E-state index contributed by atoms with van der Waals surface area (Å²) in [6, 6.07) is 3.24. The van der Waals surface area contributed by atoms with Crippen LogP contribution in [0.2, 0.25) is 0 Å². The van der Waals surface area contributed by atoms with E-state index in [9.17, 15) is 13.5 Å². The van der Waals surface area contributed by atoms with Gasteiger partial charge in [-0.3, -0.25) is 0 Å². The lowest BCUT2D eigenvalue weighted by Gasteiger charge is -2.11. The molecule has 0 aliphatic rings. The summed E-state index contributed by atoms with van der Waals surface area (Å²) in [5.41, 5.74) is 1.49. The summed E-state index contributed by atoms with van der Waals surface area (Å²) in [4.78, 5) is 0. The number of benzene rings is 1. The highest BCUT2D eigenvalue weighted by Gasteiger charge is 2.12. The molecule has 0 heterocycles. The summed E-state index contributed by atoms with van der Waals surface area (Å²) in [6.45, 7) is 1.96. The van der Waals surface area contributed by atoms with Crippen LogP contribution in [0.4, 0.5) is 0 Å². The second-order valence-electron chi connectivity index (χ2n) is 3.64. The fourth-order valence-electron chi connectivity index (χ4n) is 1.56. The van der Waals surface area contributed by atoms with E-state index >= 15 is 0 Å². The van der Waals surface area contributed by atoms with E-state index in [-0.39, 0.29) is 17.9 Å². The number of ether oxygens (including phenoxy) is 1. The molecule has 6 heteroatoms. The Labute approximate surface area is 106 Å². The number of rotatable bonds is 5. The summed E-state index contributed by atoms with van der Waals surface area (Å²) in [6.07, 6.45) is 0.929. The Morgan fingerprint density at radius 3 is 2.47 bits per heavy atom. The molecule has 0 amide bonds. The predicted molar refractivity (Wildman–Crippen MR) is 67.4 cm³/mol. The van der Waals surface area contributed by atoms with Crippen LogP contribution >= 0.6 is 10.7 Å². The van der Waals surface area contributed by atoms with Crippen LogP contribution in [0.3, 0.4) is 0 Å². The molecule has 0 spiro atoms. The first kappa shape index (κ1) is 14.1. The molecule has 0 atom stereocenters. The Morgan fingerprint density at radius 2 is 2.00 bits per heavy atom. The van der Waals surface area contributed by atoms with E-state index in [2.05, 4.69) is 0 Å². The molecule has 96 valence electrons. The van der Waals surface area contributed by atoms with Crippen molar-refractivity contribution in [3.05, 3.63) is 23.3 Å². The first-order valence-electron chi connectivity index (χ1n) is 5.18. The maximum absolute atomic E-state index is 10.9. The lowest BCUT2D eigenvalue weighted by molar-refractivity contribution is 0.402. The minimum Gasteiger partial charge on any atom is -0.508 e. The van der Waals surface area contributed by atoms with Gasteiger partial charge < -0.3 is 9.84 Å². The quantitative estimate of drug-likeness (QED) is 0.838. The fraction of sp³-hybridized carbons (Fsp3) is 0.455. The lowest BCUT2D eigenvalue weighted by Crippen LogP contribution is -2.02. The average Bonchev–Trinajstić information content (AvgIpc) is 2.25. The van der Waals surface area contributed by atoms with E-state index in [1.165, 1.54) is 13.2 Å². The van der Waals surface area contributed by atoms with Crippen LogP contribution in [0.15, 0.2) is 12.1 Å². The molecule has 0 aromatic heterocycles. The van der Waals surface area contributed by atoms with E-state index in [4.69, 9.17) is 15.4 Å². The summed E-state index contributed by atoms with van der Waals surface area (Å²) in [7, 11) is 3.11. The van der Waals surface area contributed by atoms with Crippen LogP contribution in [0.1, 0.15) is 18.1 Å². The molecule has 0 aliphatic heterocycles. The van der Waals surface area contributed by atoms with Crippen molar-refractivity contribution in [2.75, 3.05) is 12.9 Å². The second-order valence-corrected chi connectivity index (χ2v) is 6.54. The molecule has 1 rings (SSSR count). The molecule has 0 radical (unpaired) electrons. The van der Waals surface area contributed by atoms with Crippen LogP contribution in [0.25, 0.3) is 0 Å². The van der Waals surface area contributed by atoms with Gasteiger partial charge in [0.15, 0.2) is 0 Å². The smallest absolute Gasteiger partial charge is 0.232 e. The number of hydrogen-bond donors (Lipinski definition) is 1.